The van der Waals surface area contributed by atoms with E-state index in [1.807, 2.05) is 11.8 Å². The van der Waals surface area contributed by atoms with Crippen molar-refractivity contribution in [3.05, 3.63) is 0 Å². The maximum Gasteiger partial charge on any atom is 0.223 e. The number of nitrogens with zero attached hydrogens (tertiary/aromatic N) is 2. The van der Waals surface area contributed by atoms with Crippen molar-refractivity contribution in [2.75, 3.05) is 6.54 Å². The smallest absolute Gasteiger partial charge is 0.223 e. The Hall–Kier alpha value is -1.04. The molecule has 2 saturated carbocycles. The van der Waals surface area contributed by atoms with Crippen LogP contribution in [0.1, 0.15) is 46.5 Å². The average molecular weight is 232 g/mol. The van der Waals surface area contributed by atoms with Crippen LogP contribution in [0.3, 0.4) is 0 Å². The number of nitriles is 1. The van der Waals surface area contributed by atoms with Gasteiger partial charge in [-0.15, -0.1) is 0 Å². The Morgan fingerprint density at radius 1 is 1.53 bits per heavy atom. The van der Waals surface area contributed by atoms with Gasteiger partial charge in [0.25, 0.3) is 0 Å². The first-order chi connectivity index (χ1) is 7.95. The minimum absolute atomic E-state index is 0.0181. The second-order valence-corrected chi connectivity index (χ2v) is 6.49. The molecule has 0 aromatic heterocycles. The summed E-state index contributed by atoms with van der Waals surface area (Å²) in [5.41, 5.74) is -0.310. The second kappa shape index (κ2) is 2.85. The van der Waals surface area contributed by atoms with Crippen molar-refractivity contribution < 1.29 is 4.79 Å². The van der Waals surface area contributed by atoms with E-state index in [4.69, 9.17) is 0 Å². The van der Waals surface area contributed by atoms with Crippen LogP contribution in [0.5, 0.6) is 0 Å². The summed E-state index contributed by atoms with van der Waals surface area (Å²) in [6, 6.07) is 2.54. The number of rotatable bonds is 1. The largest absolute Gasteiger partial charge is 0.323 e. The third kappa shape index (κ3) is 0.863. The highest BCUT2D eigenvalue weighted by Crippen LogP contribution is 2.75. The van der Waals surface area contributed by atoms with Crippen LogP contribution in [0.25, 0.3) is 0 Å². The molecule has 17 heavy (non-hydrogen) atoms. The topological polar surface area (TPSA) is 44.1 Å². The number of amides is 1. The minimum atomic E-state index is -0.502. The zero-order valence-electron chi connectivity index (χ0n) is 10.9. The molecule has 1 heterocycles. The van der Waals surface area contributed by atoms with Crippen LogP contribution in [0.4, 0.5) is 0 Å². The monoisotopic (exact) mass is 232 g/mol. The van der Waals surface area contributed by atoms with Gasteiger partial charge < -0.3 is 4.90 Å². The van der Waals surface area contributed by atoms with Gasteiger partial charge in [-0.1, -0.05) is 20.8 Å². The van der Waals surface area contributed by atoms with Crippen molar-refractivity contribution in [3.8, 4) is 6.07 Å². The van der Waals surface area contributed by atoms with Gasteiger partial charge in [-0.2, -0.15) is 5.26 Å². The molecule has 4 atom stereocenters. The predicted molar refractivity (Wildman–Crippen MR) is 63.9 cm³/mol. The molecule has 3 aliphatic rings. The third-order valence-electron chi connectivity index (χ3n) is 6.34. The Morgan fingerprint density at radius 2 is 2.24 bits per heavy atom. The fraction of sp³-hybridized carbons (Fsp3) is 0.857. The van der Waals surface area contributed by atoms with Gasteiger partial charge in [-0.25, -0.2) is 0 Å². The van der Waals surface area contributed by atoms with E-state index in [-0.39, 0.29) is 16.7 Å². The highest BCUT2D eigenvalue weighted by Gasteiger charge is 2.78. The fourth-order valence-electron chi connectivity index (χ4n) is 5.00. The summed E-state index contributed by atoms with van der Waals surface area (Å²) in [5, 5.41) is 9.72. The van der Waals surface area contributed by atoms with E-state index >= 15 is 0 Å². The van der Waals surface area contributed by atoms with Gasteiger partial charge in [0.2, 0.25) is 5.91 Å². The summed E-state index contributed by atoms with van der Waals surface area (Å²) in [6.45, 7) is 7.23. The molecule has 0 aromatic rings. The Balaban J connectivity index is 2.13. The molecule has 4 bridgehead atoms. The Morgan fingerprint density at radius 3 is 2.76 bits per heavy atom. The van der Waals surface area contributed by atoms with Crippen LogP contribution in [0.2, 0.25) is 0 Å². The Kier molecular flexibility index (Phi) is 1.86. The maximum absolute atomic E-state index is 12.1. The summed E-state index contributed by atoms with van der Waals surface area (Å²) in [7, 11) is 0. The zero-order chi connectivity index (χ0) is 12.5. The van der Waals surface area contributed by atoms with E-state index in [0.717, 1.165) is 19.4 Å². The van der Waals surface area contributed by atoms with E-state index in [2.05, 4.69) is 19.9 Å². The lowest BCUT2D eigenvalue weighted by atomic mass is 9.66. The third-order valence-corrected chi connectivity index (χ3v) is 6.34. The molecule has 1 amide bonds. The van der Waals surface area contributed by atoms with Gasteiger partial charge >= 0.3 is 0 Å². The first-order valence-electron chi connectivity index (χ1n) is 6.67. The molecule has 0 unspecified atom stereocenters. The molecule has 0 radical (unpaired) electrons. The average Bonchev–Trinajstić information content (AvgIpc) is 2.78. The molecule has 92 valence electrons. The lowest BCUT2D eigenvalue weighted by Crippen LogP contribution is -2.54. The van der Waals surface area contributed by atoms with E-state index in [1.54, 1.807) is 0 Å². The molecule has 1 saturated heterocycles. The lowest BCUT2D eigenvalue weighted by molar-refractivity contribution is -0.137. The summed E-state index contributed by atoms with van der Waals surface area (Å²) in [4.78, 5) is 14.0. The van der Waals surface area contributed by atoms with Crippen molar-refractivity contribution >= 4 is 5.91 Å². The van der Waals surface area contributed by atoms with Gasteiger partial charge in [-0.3, -0.25) is 4.79 Å². The van der Waals surface area contributed by atoms with E-state index in [1.165, 1.54) is 6.42 Å². The number of carbonyl (C=O) groups excluding carboxylic acids is 1. The van der Waals surface area contributed by atoms with Crippen molar-refractivity contribution in [2.45, 2.75) is 52.0 Å². The van der Waals surface area contributed by atoms with Crippen molar-refractivity contribution in [1.29, 1.82) is 5.26 Å². The predicted octanol–water partition coefficient (Wildman–Crippen LogP) is 2.33. The van der Waals surface area contributed by atoms with Crippen LogP contribution in [-0.4, -0.2) is 22.9 Å². The number of piperidine rings is 1. The highest BCUT2D eigenvalue weighted by molar-refractivity contribution is 5.79. The van der Waals surface area contributed by atoms with Crippen molar-refractivity contribution in [2.24, 2.45) is 16.7 Å². The van der Waals surface area contributed by atoms with Crippen LogP contribution < -0.4 is 0 Å². The molecule has 3 fully saturated rings. The van der Waals surface area contributed by atoms with Crippen molar-refractivity contribution in [3.63, 3.8) is 0 Å². The van der Waals surface area contributed by atoms with Crippen LogP contribution in [-0.2, 0) is 4.79 Å². The summed E-state index contributed by atoms with van der Waals surface area (Å²) < 4.78 is 0. The zero-order valence-corrected chi connectivity index (χ0v) is 10.9. The highest BCUT2D eigenvalue weighted by atomic mass is 16.2. The molecule has 2 aliphatic carbocycles. The SMILES string of the molecule is CCC(=O)N1C[C@@]2(C)[C@@H]3CC[C@]2(C)[C@]1(C#N)C3. The van der Waals surface area contributed by atoms with Crippen LogP contribution in [0, 0.1) is 28.1 Å². The molecule has 1 aliphatic heterocycles. The summed E-state index contributed by atoms with van der Waals surface area (Å²) in [6.07, 6.45) is 3.77. The summed E-state index contributed by atoms with van der Waals surface area (Å²) >= 11 is 0. The molecule has 0 spiro atoms. The normalized spacial score (nSPS) is 50.7. The van der Waals surface area contributed by atoms with E-state index < -0.39 is 5.54 Å². The van der Waals surface area contributed by atoms with Gasteiger partial charge in [0, 0.05) is 18.4 Å². The summed E-state index contributed by atoms with van der Waals surface area (Å²) in [5.74, 6) is 0.801. The Bertz CT molecular complexity index is 440. The van der Waals surface area contributed by atoms with Crippen LogP contribution in [0.15, 0.2) is 0 Å². The molecular formula is C14H20N2O. The van der Waals surface area contributed by atoms with E-state index in [0.29, 0.717) is 12.3 Å². The number of hydrogen-bond donors (Lipinski definition) is 0. The standard InChI is InChI=1S/C14H20N2O/c1-4-11(17)16-9-12(2)10-5-6-13(12,3)14(16,7-10)8-15/h10H,4-7,9H2,1-3H3/t10-,12+,13+,14-/m1/s1. The number of hydrogen-bond acceptors (Lipinski definition) is 2. The first-order valence-corrected chi connectivity index (χ1v) is 6.67. The maximum atomic E-state index is 12.1. The minimum Gasteiger partial charge on any atom is -0.323 e. The second-order valence-electron chi connectivity index (χ2n) is 6.49. The molecule has 3 heteroatoms. The Labute approximate surface area is 103 Å². The van der Waals surface area contributed by atoms with Crippen molar-refractivity contribution in [1.82, 2.24) is 4.90 Å². The lowest BCUT2D eigenvalue weighted by Gasteiger charge is -2.43. The quantitative estimate of drug-likeness (QED) is 0.696. The molecule has 3 nitrogen and oxygen atoms in total. The number of likely N-dealkylation sites (tertiary alicyclic amines) is 1. The molecule has 3 rings (SSSR count). The van der Waals surface area contributed by atoms with Crippen LogP contribution >= 0.6 is 0 Å². The van der Waals surface area contributed by atoms with Gasteiger partial charge in [0.05, 0.1) is 6.07 Å². The van der Waals surface area contributed by atoms with Gasteiger partial charge in [0.1, 0.15) is 5.54 Å². The fourth-order valence-corrected chi connectivity index (χ4v) is 5.00. The first kappa shape index (κ1) is 11.1. The van der Waals surface area contributed by atoms with Gasteiger partial charge in [-0.05, 0) is 30.6 Å². The number of carbonyl (C=O) groups is 1. The van der Waals surface area contributed by atoms with Gasteiger partial charge in [0.15, 0.2) is 0 Å². The van der Waals surface area contributed by atoms with E-state index in [9.17, 15) is 10.1 Å². The molecule has 0 N–H and O–H groups in total. The molecule has 0 aromatic carbocycles. The molecular weight excluding hydrogens is 212 g/mol.